The van der Waals surface area contributed by atoms with Crippen LogP contribution in [0.1, 0.15) is 24.0 Å². The van der Waals surface area contributed by atoms with Crippen molar-refractivity contribution in [2.75, 3.05) is 42.7 Å². The van der Waals surface area contributed by atoms with Gasteiger partial charge >= 0.3 is 11.9 Å². The molecule has 0 aromatic heterocycles. The van der Waals surface area contributed by atoms with Crippen LogP contribution in [0.15, 0.2) is 28.4 Å². The van der Waals surface area contributed by atoms with Crippen LogP contribution in [0, 0.1) is 5.92 Å². The van der Waals surface area contributed by atoms with E-state index in [1.54, 1.807) is 6.08 Å². The van der Waals surface area contributed by atoms with Gasteiger partial charge in [-0.2, -0.15) is 0 Å². The van der Waals surface area contributed by atoms with E-state index in [0.717, 1.165) is 5.56 Å². The molecule has 0 radical (unpaired) electrons. The molecule has 0 aliphatic heterocycles. The molecule has 0 unspecified atom stereocenters. The number of carbonyl (C=O) groups excluding carboxylic acids is 2. The maximum atomic E-state index is 13.1. The number of rotatable bonds is 7. The van der Waals surface area contributed by atoms with Crippen LogP contribution in [0.4, 0.5) is 0 Å². The van der Waals surface area contributed by atoms with Gasteiger partial charge in [0.1, 0.15) is 0 Å². The van der Waals surface area contributed by atoms with Gasteiger partial charge < -0.3 is 28.4 Å². The molecule has 2 aliphatic carbocycles. The first-order chi connectivity index (χ1) is 16.4. The molecule has 2 atom stereocenters. The topological polar surface area (TPSA) is 138 Å². The maximum Gasteiger partial charge on any atom is 0.335 e. The molecule has 0 heterocycles. The lowest BCUT2D eigenvalue weighted by atomic mass is 9.73. The Morgan fingerprint density at radius 1 is 1.03 bits per heavy atom. The van der Waals surface area contributed by atoms with Gasteiger partial charge in [-0.15, -0.1) is 0 Å². The predicted molar refractivity (Wildman–Crippen MR) is 120 cm³/mol. The van der Waals surface area contributed by atoms with Gasteiger partial charge in [-0.25, -0.2) is 9.59 Å². The fraction of sp³-hybridized carbons (Fsp3) is 0.478. The highest BCUT2D eigenvalue weighted by atomic mass is 16.5. The second-order valence-electron chi connectivity index (χ2n) is 7.59. The number of carbonyl (C=O) groups is 2. The van der Waals surface area contributed by atoms with Crippen LogP contribution in [0.2, 0.25) is 0 Å². The van der Waals surface area contributed by atoms with E-state index in [1.165, 1.54) is 42.7 Å². The van der Waals surface area contributed by atoms with Crippen molar-refractivity contribution < 1.29 is 38.0 Å². The Labute approximate surface area is 196 Å². The van der Waals surface area contributed by atoms with Crippen molar-refractivity contribution >= 4 is 17.5 Å². The summed E-state index contributed by atoms with van der Waals surface area (Å²) in [5.41, 5.74) is 10.0. The summed E-state index contributed by atoms with van der Waals surface area (Å²) in [5, 5.41) is 4.01. The summed E-state index contributed by atoms with van der Waals surface area (Å²) in [7, 11) is 8.33. The summed E-state index contributed by atoms with van der Waals surface area (Å²) < 4.78 is 32.6. The number of esters is 2. The number of fused-ring (bicyclic) bond motifs is 3. The van der Waals surface area contributed by atoms with Crippen molar-refractivity contribution in [1.82, 2.24) is 0 Å². The minimum absolute atomic E-state index is 0.00536. The van der Waals surface area contributed by atoms with Gasteiger partial charge in [0.2, 0.25) is 5.75 Å². The van der Waals surface area contributed by atoms with E-state index in [1.807, 2.05) is 6.07 Å². The summed E-state index contributed by atoms with van der Waals surface area (Å²) in [6, 6.07) is 1.81. The summed E-state index contributed by atoms with van der Waals surface area (Å²) in [5.74, 6) is -1.24. The van der Waals surface area contributed by atoms with E-state index in [2.05, 4.69) is 10.0 Å². The van der Waals surface area contributed by atoms with E-state index in [4.69, 9.17) is 28.4 Å². The third-order valence-corrected chi connectivity index (χ3v) is 6.26. The molecule has 2 aliphatic rings. The number of nitrogens with zero attached hydrogens (tertiary/aromatic N) is 3. The van der Waals surface area contributed by atoms with Gasteiger partial charge in [0.15, 0.2) is 17.2 Å². The number of hydrogen-bond donors (Lipinski definition) is 0. The van der Waals surface area contributed by atoms with E-state index in [0.29, 0.717) is 34.8 Å². The Morgan fingerprint density at radius 2 is 1.71 bits per heavy atom. The lowest BCUT2D eigenvalue weighted by molar-refractivity contribution is -0.141. The average molecular weight is 473 g/mol. The van der Waals surface area contributed by atoms with Gasteiger partial charge in [-0.3, -0.25) is 0 Å². The molecular weight excluding hydrogens is 446 g/mol. The summed E-state index contributed by atoms with van der Waals surface area (Å²) in [4.78, 5) is 28.7. The number of ether oxygens (including phenoxy) is 6. The van der Waals surface area contributed by atoms with Crippen LogP contribution in [0.3, 0.4) is 0 Å². The summed E-state index contributed by atoms with van der Waals surface area (Å²) in [6.07, 6.45) is 2.43. The molecule has 3 rings (SSSR count). The lowest BCUT2D eigenvalue weighted by Crippen LogP contribution is -2.43. The normalized spacial score (nSPS) is 21.1. The molecule has 0 saturated carbocycles. The lowest BCUT2D eigenvalue weighted by Gasteiger charge is -2.39. The first-order valence-electron chi connectivity index (χ1n) is 10.4. The molecule has 182 valence electrons. The minimum Gasteiger partial charge on any atom is -0.493 e. The largest absolute Gasteiger partial charge is 0.493 e. The van der Waals surface area contributed by atoms with E-state index >= 15 is 0 Å². The zero-order valence-electron chi connectivity index (χ0n) is 20.0. The number of azide groups is 1. The Hall–Kier alpha value is -3.69. The monoisotopic (exact) mass is 473 g/mol. The Kier molecular flexibility index (Phi) is 7.38. The Balaban J connectivity index is 2.46. The number of hydrogen-bond acceptors (Lipinski definition) is 9. The van der Waals surface area contributed by atoms with Crippen molar-refractivity contribution in [2.24, 2.45) is 11.0 Å². The summed E-state index contributed by atoms with van der Waals surface area (Å²) >= 11 is 0. The molecule has 0 amide bonds. The molecule has 11 nitrogen and oxygen atoms in total. The number of allylic oxidation sites excluding steroid dienone is 1. The van der Waals surface area contributed by atoms with Crippen molar-refractivity contribution in [3.8, 4) is 17.2 Å². The molecule has 0 spiro atoms. The maximum absolute atomic E-state index is 13.1. The zero-order valence-corrected chi connectivity index (χ0v) is 20.0. The molecule has 0 fully saturated rings. The van der Waals surface area contributed by atoms with Gasteiger partial charge in [-0.1, -0.05) is 11.2 Å². The third-order valence-electron chi connectivity index (χ3n) is 6.26. The van der Waals surface area contributed by atoms with Crippen molar-refractivity contribution in [1.29, 1.82) is 0 Å². The van der Waals surface area contributed by atoms with Crippen LogP contribution in [-0.2, 0) is 30.2 Å². The standard InChI is InChI=1S/C23H27N3O8/c1-29-15-11-12-9-10-23(34-6,25-26-24)18-13(16(12)20(31-3)19(15)30-2)7-8-14(21(27)32-4)17(18)22(28)33-5/h7,11,18H,8-10H2,1-6H3/t18-,23+/m0/s1. The third kappa shape index (κ3) is 3.82. The quantitative estimate of drug-likeness (QED) is 0.254. The van der Waals surface area contributed by atoms with Gasteiger partial charge in [0.25, 0.3) is 0 Å². The van der Waals surface area contributed by atoms with Crippen LogP contribution < -0.4 is 14.2 Å². The van der Waals surface area contributed by atoms with E-state index in [9.17, 15) is 15.1 Å². The summed E-state index contributed by atoms with van der Waals surface area (Å²) in [6.45, 7) is 0. The molecular formula is C23H27N3O8. The highest BCUT2D eigenvalue weighted by Crippen LogP contribution is 2.55. The zero-order chi connectivity index (χ0) is 25.0. The predicted octanol–water partition coefficient (Wildman–Crippen LogP) is 3.36. The minimum atomic E-state index is -1.55. The average Bonchev–Trinajstić information content (AvgIpc) is 3.01. The van der Waals surface area contributed by atoms with Crippen molar-refractivity contribution in [3.63, 3.8) is 0 Å². The Morgan fingerprint density at radius 3 is 2.24 bits per heavy atom. The molecule has 1 aromatic rings. The highest BCUT2D eigenvalue weighted by Gasteiger charge is 2.51. The molecule has 0 saturated heterocycles. The second-order valence-corrected chi connectivity index (χ2v) is 7.59. The van der Waals surface area contributed by atoms with Crippen molar-refractivity contribution in [3.05, 3.63) is 44.9 Å². The van der Waals surface area contributed by atoms with Crippen LogP contribution in [0.25, 0.3) is 16.0 Å². The van der Waals surface area contributed by atoms with Crippen LogP contribution in [-0.4, -0.2) is 60.3 Å². The molecule has 0 N–H and O–H groups in total. The highest BCUT2D eigenvalue weighted by molar-refractivity contribution is 6.05. The first kappa shape index (κ1) is 24.9. The second kappa shape index (κ2) is 10.1. The van der Waals surface area contributed by atoms with Gasteiger partial charge in [0.05, 0.1) is 52.6 Å². The SMILES string of the molecule is COC(=O)C1=C(C(=O)OC)[C@@H]2C(=CC1)c1c(cc(OC)c(OC)c1OC)CC[C@@]2(N=[N+]=[N-])OC. The van der Waals surface area contributed by atoms with E-state index < -0.39 is 23.6 Å². The molecule has 0 bridgehead atoms. The number of methoxy groups -OCH3 is 6. The number of benzene rings is 1. The fourth-order valence-electron chi connectivity index (χ4n) is 4.77. The van der Waals surface area contributed by atoms with Crippen LogP contribution in [0.5, 0.6) is 17.2 Å². The van der Waals surface area contributed by atoms with Crippen molar-refractivity contribution in [2.45, 2.75) is 25.0 Å². The van der Waals surface area contributed by atoms with E-state index in [-0.39, 0.29) is 24.0 Å². The molecule has 34 heavy (non-hydrogen) atoms. The Bertz CT molecular complexity index is 1120. The first-order valence-corrected chi connectivity index (χ1v) is 10.4. The fourth-order valence-corrected chi connectivity index (χ4v) is 4.77. The number of aryl methyl sites for hydroxylation is 1. The van der Waals surface area contributed by atoms with Gasteiger partial charge in [-0.05, 0) is 42.0 Å². The van der Waals surface area contributed by atoms with Gasteiger partial charge in [0, 0.05) is 17.6 Å². The molecule has 11 heteroatoms. The van der Waals surface area contributed by atoms with Crippen LogP contribution >= 0.6 is 0 Å². The molecule has 1 aromatic carbocycles. The smallest absolute Gasteiger partial charge is 0.335 e.